The molecule has 0 saturated carbocycles. The number of fused-ring (bicyclic) bond motifs is 1. The molecule has 3 aromatic rings. The number of aromatic amines is 1. The number of thiazole rings is 1. The molecular weight excluding hydrogens is 343 g/mol. The lowest BCUT2D eigenvalue weighted by molar-refractivity contribution is 0.0606. The van der Waals surface area contributed by atoms with Crippen LogP contribution in [0.5, 0.6) is 0 Å². The summed E-state index contributed by atoms with van der Waals surface area (Å²) in [6, 6.07) is 4.40. The van der Waals surface area contributed by atoms with E-state index in [0.717, 1.165) is 17.2 Å². The number of nitrogens with one attached hydrogen (secondary N) is 2. The van der Waals surface area contributed by atoms with Gasteiger partial charge in [0.1, 0.15) is 11.6 Å². The maximum atomic E-state index is 13.1. The number of hydrogen-bond donors (Lipinski definition) is 2. The molecule has 0 unspecified atom stereocenters. The summed E-state index contributed by atoms with van der Waals surface area (Å²) in [7, 11) is 1.29. The summed E-state index contributed by atoms with van der Waals surface area (Å²) in [6.07, 6.45) is 0.584. The quantitative estimate of drug-likeness (QED) is 0.687. The molecule has 0 spiro atoms. The van der Waals surface area contributed by atoms with Gasteiger partial charge in [0.25, 0.3) is 0 Å². The Morgan fingerprint density at radius 3 is 3.09 bits per heavy atom. The summed E-state index contributed by atoms with van der Waals surface area (Å²) in [5.74, 6) is -0.0904. The largest absolute Gasteiger partial charge is 0.465 e. The first-order valence-corrected chi connectivity index (χ1v) is 7.89. The third kappa shape index (κ3) is 3.43. The molecule has 0 bridgehead atoms. The molecule has 9 heteroatoms. The van der Waals surface area contributed by atoms with Gasteiger partial charge in [-0.3, -0.25) is 0 Å². The molecule has 0 saturated heterocycles. The van der Waals surface area contributed by atoms with Gasteiger partial charge in [0.05, 0.1) is 18.1 Å². The highest BCUT2D eigenvalue weighted by atomic mass is 35.5. The third-order valence-electron chi connectivity index (χ3n) is 3.09. The van der Waals surface area contributed by atoms with Gasteiger partial charge in [-0.15, -0.1) is 0 Å². The standard InChI is InChI=1S/C14H12ClFN4O2S/c1-22-13(21)11-12(15)20-14(23-11)17-5-4-10-18-8-3-2-7(16)6-9(8)19-10/h2-3,6H,4-5H2,1H3,(H,17,20)(H,18,19). The van der Waals surface area contributed by atoms with E-state index in [1.807, 2.05) is 0 Å². The Labute approximate surface area is 139 Å². The van der Waals surface area contributed by atoms with Gasteiger partial charge in [-0.25, -0.2) is 19.2 Å². The minimum absolute atomic E-state index is 0.114. The second-order valence-corrected chi connectivity index (χ2v) is 6.01. The van der Waals surface area contributed by atoms with E-state index in [-0.39, 0.29) is 15.8 Å². The Hall–Kier alpha value is -2.19. The Morgan fingerprint density at radius 1 is 1.48 bits per heavy atom. The Bertz CT molecular complexity index is 864. The van der Waals surface area contributed by atoms with Gasteiger partial charge < -0.3 is 15.0 Å². The van der Waals surface area contributed by atoms with E-state index in [9.17, 15) is 9.18 Å². The van der Waals surface area contributed by atoms with Gasteiger partial charge in [0.2, 0.25) is 0 Å². The molecule has 0 aliphatic carbocycles. The summed E-state index contributed by atoms with van der Waals surface area (Å²) >= 11 is 7.01. The van der Waals surface area contributed by atoms with Crippen LogP contribution in [-0.2, 0) is 11.2 Å². The fourth-order valence-corrected chi connectivity index (χ4v) is 3.17. The van der Waals surface area contributed by atoms with Gasteiger partial charge >= 0.3 is 5.97 Å². The number of halogens is 2. The SMILES string of the molecule is COC(=O)c1sc(NCCc2nc3ccc(F)cc3[nH]2)nc1Cl. The van der Waals surface area contributed by atoms with E-state index in [2.05, 4.69) is 25.0 Å². The maximum absolute atomic E-state index is 13.1. The number of nitrogens with zero attached hydrogens (tertiary/aromatic N) is 2. The van der Waals surface area contributed by atoms with Crippen molar-refractivity contribution in [1.82, 2.24) is 15.0 Å². The summed E-state index contributed by atoms with van der Waals surface area (Å²) in [6.45, 7) is 0.534. The zero-order valence-corrected chi connectivity index (χ0v) is 13.6. The van der Waals surface area contributed by atoms with Crippen LogP contribution >= 0.6 is 22.9 Å². The van der Waals surface area contributed by atoms with Crippen molar-refractivity contribution in [3.8, 4) is 0 Å². The Balaban J connectivity index is 1.63. The predicted octanol–water partition coefficient (Wildman–Crippen LogP) is 3.25. The lowest BCUT2D eigenvalue weighted by atomic mass is 10.3. The minimum Gasteiger partial charge on any atom is -0.465 e. The number of benzene rings is 1. The number of H-pyrrole nitrogens is 1. The van der Waals surface area contributed by atoms with Crippen molar-refractivity contribution in [3.05, 3.63) is 39.9 Å². The molecule has 6 nitrogen and oxygen atoms in total. The maximum Gasteiger partial charge on any atom is 0.351 e. The molecule has 0 radical (unpaired) electrons. The van der Waals surface area contributed by atoms with Crippen molar-refractivity contribution in [2.75, 3.05) is 19.0 Å². The number of carbonyl (C=O) groups excluding carboxylic acids is 1. The smallest absolute Gasteiger partial charge is 0.351 e. The topological polar surface area (TPSA) is 79.9 Å². The van der Waals surface area contributed by atoms with Crippen LogP contribution in [0.15, 0.2) is 18.2 Å². The Morgan fingerprint density at radius 2 is 2.30 bits per heavy atom. The monoisotopic (exact) mass is 354 g/mol. The van der Waals surface area contributed by atoms with Crippen LogP contribution in [0.25, 0.3) is 11.0 Å². The van der Waals surface area contributed by atoms with E-state index in [0.29, 0.717) is 29.1 Å². The molecule has 0 atom stereocenters. The fourth-order valence-electron chi connectivity index (χ4n) is 2.04. The Kier molecular flexibility index (Phi) is 4.44. The molecule has 2 N–H and O–H groups in total. The van der Waals surface area contributed by atoms with E-state index in [1.165, 1.54) is 19.2 Å². The van der Waals surface area contributed by atoms with Crippen LogP contribution in [-0.4, -0.2) is 34.6 Å². The van der Waals surface area contributed by atoms with Gasteiger partial charge in [0, 0.05) is 13.0 Å². The zero-order chi connectivity index (χ0) is 16.4. The number of aromatic nitrogens is 3. The van der Waals surface area contributed by atoms with Crippen LogP contribution in [0.2, 0.25) is 5.15 Å². The average Bonchev–Trinajstić information content (AvgIpc) is 3.09. The van der Waals surface area contributed by atoms with E-state index in [4.69, 9.17) is 11.6 Å². The van der Waals surface area contributed by atoms with Gasteiger partial charge in [0.15, 0.2) is 15.2 Å². The van der Waals surface area contributed by atoms with E-state index in [1.54, 1.807) is 6.07 Å². The highest BCUT2D eigenvalue weighted by Gasteiger charge is 2.17. The average molecular weight is 355 g/mol. The molecule has 2 heterocycles. The highest BCUT2D eigenvalue weighted by Crippen LogP contribution is 2.27. The minimum atomic E-state index is -0.514. The number of ether oxygens (including phenoxy) is 1. The first-order valence-electron chi connectivity index (χ1n) is 6.69. The van der Waals surface area contributed by atoms with Crippen LogP contribution in [0.4, 0.5) is 9.52 Å². The molecule has 23 heavy (non-hydrogen) atoms. The number of imidazole rings is 1. The second kappa shape index (κ2) is 6.51. The van der Waals surface area contributed by atoms with Crippen molar-refractivity contribution < 1.29 is 13.9 Å². The summed E-state index contributed by atoms with van der Waals surface area (Å²) in [5, 5.41) is 3.71. The van der Waals surface area contributed by atoms with Crippen molar-refractivity contribution >= 4 is 45.1 Å². The first-order chi connectivity index (χ1) is 11.1. The number of methoxy groups -OCH3 is 1. The van der Waals surface area contributed by atoms with Crippen LogP contribution in [0.3, 0.4) is 0 Å². The molecule has 0 amide bonds. The van der Waals surface area contributed by atoms with Gasteiger partial charge in [-0.2, -0.15) is 0 Å². The summed E-state index contributed by atoms with van der Waals surface area (Å²) in [5.41, 5.74) is 1.37. The van der Waals surface area contributed by atoms with Crippen molar-refractivity contribution in [3.63, 3.8) is 0 Å². The number of hydrogen-bond acceptors (Lipinski definition) is 6. The molecule has 2 aromatic heterocycles. The number of rotatable bonds is 5. The number of anilines is 1. The van der Waals surface area contributed by atoms with Crippen molar-refractivity contribution in [2.24, 2.45) is 0 Å². The van der Waals surface area contributed by atoms with Gasteiger partial charge in [-0.1, -0.05) is 22.9 Å². The highest BCUT2D eigenvalue weighted by molar-refractivity contribution is 7.18. The van der Waals surface area contributed by atoms with Gasteiger partial charge in [-0.05, 0) is 18.2 Å². The molecule has 0 aliphatic rings. The second-order valence-electron chi connectivity index (χ2n) is 4.65. The molecule has 0 fully saturated rings. The molecular formula is C14H12ClFN4O2S. The summed E-state index contributed by atoms with van der Waals surface area (Å²) in [4.78, 5) is 23.2. The predicted molar refractivity (Wildman–Crippen MR) is 86.7 cm³/mol. The van der Waals surface area contributed by atoms with Crippen LogP contribution < -0.4 is 5.32 Å². The van der Waals surface area contributed by atoms with E-state index >= 15 is 0 Å². The van der Waals surface area contributed by atoms with Crippen LogP contribution in [0.1, 0.15) is 15.5 Å². The lowest BCUT2D eigenvalue weighted by Crippen LogP contribution is -2.05. The first kappa shape index (κ1) is 15.7. The normalized spacial score (nSPS) is 10.9. The fraction of sp³-hybridized carbons (Fsp3) is 0.214. The van der Waals surface area contributed by atoms with Crippen molar-refractivity contribution in [2.45, 2.75) is 6.42 Å². The summed E-state index contributed by atoms with van der Waals surface area (Å²) < 4.78 is 17.8. The third-order valence-corrected chi connectivity index (χ3v) is 4.47. The molecule has 3 rings (SSSR count). The van der Waals surface area contributed by atoms with E-state index < -0.39 is 5.97 Å². The molecule has 1 aromatic carbocycles. The lowest BCUT2D eigenvalue weighted by Gasteiger charge is -1.99. The number of carbonyl (C=O) groups is 1. The zero-order valence-electron chi connectivity index (χ0n) is 12.0. The number of esters is 1. The van der Waals surface area contributed by atoms with Crippen LogP contribution in [0, 0.1) is 5.82 Å². The van der Waals surface area contributed by atoms with Crippen molar-refractivity contribution in [1.29, 1.82) is 0 Å². The molecule has 120 valence electrons. The molecule has 0 aliphatic heterocycles.